The van der Waals surface area contributed by atoms with Crippen LogP contribution < -0.4 is 4.74 Å². The Morgan fingerprint density at radius 3 is 2.64 bits per heavy atom. The van der Waals surface area contributed by atoms with Crippen LogP contribution in [-0.2, 0) is 20.9 Å². The average Bonchev–Trinajstić information content (AvgIpc) is 2.71. The van der Waals surface area contributed by atoms with Gasteiger partial charge in [-0.1, -0.05) is 12.1 Å². The monoisotopic (exact) mass is 321 g/mol. The number of carbonyl (C=O) groups excluding carboxylic acids is 2. The lowest BCUT2D eigenvalue weighted by Crippen LogP contribution is -2.57. The Balaban J connectivity index is 1.64. The molecule has 0 radical (unpaired) electrons. The summed E-state index contributed by atoms with van der Waals surface area (Å²) in [6.45, 7) is 4.18. The number of thioether (sulfide) groups is 1. The van der Waals surface area contributed by atoms with Gasteiger partial charge in [0.05, 0.1) is 18.9 Å². The molecule has 2 unspecified atom stereocenters. The second-order valence-corrected chi connectivity index (χ2v) is 7.87. The first kappa shape index (κ1) is 15.2. The smallest absolute Gasteiger partial charge is 0.330 e. The van der Waals surface area contributed by atoms with Gasteiger partial charge in [-0.2, -0.15) is 0 Å². The third kappa shape index (κ3) is 2.56. The second-order valence-electron chi connectivity index (χ2n) is 6.04. The molecule has 2 heterocycles. The van der Waals surface area contributed by atoms with Gasteiger partial charge >= 0.3 is 5.97 Å². The molecule has 0 N–H and O–H groups in total. The number of fused-ring (bicyclic) bond motifs is 1. The molecular formula is C16H19NO4S. The molecule has 3 rings (SSSR count). The van der Waals surface area contributed by atoms with Crippen molar-refractivity contribution in [1.82, 2.24) is 4.90 Å². The highest BCUT2D eigenvalue weighted by Gasteiger charge is 2.59. The van der Waals surface area contributed by atoms with Crippen LogP contribution in [-0.4, -0.2) is 40.0 Å². The summed E-state index contributed by atoms with van der Waals surface area (Å²) in [7, 11) is 1.61. The number of nitrogens with zero attached hydrogens (tertiary/aromatic N) is 1. The van der Waals surface area contributed by atoms with E-state index in [4.69, 9.17) is 9.47 Å². The lowest BCUT2D eigenvalue weighted by atomic mass is 9.98. The quantitative estimate of drug-likeness (QED) is 0.628. The number of esters is 1. The first-order valence-corrected chi connectivity index (χ1v) is 8.09. The molecule has 2 fully saturated rings. The van der Waals surface area contributed by atoms with Crippen molar-refractivity contribution in [3.05, 3.63) is 29.8 Å². The number of hydrogen-bond acceptors (Lipinski definition) is 5. The van der Waals surface area contributed by atoms with Gasteiger partial charge < -0.3 is 14.4 Å². The van der Waals surface area contributed by atoms with Crippen molar-refractivity contribution in [2.75, 3.05) is 7.11 Å². The number of carbonyl (C=O) groups is 2. The molecule has 1 aromatic rings. The zero-order valence-corrected chi connectivity index (χ0v) is 13.7. The predicted octanol–water partition coefficient (Wildman–Crippen LogP) is 2.19. The van der Waals surface area contributed by atoms with E-state index in [1.54, 1.807) is 23.8 Å². The van der Waals surface area contributed by atoms with Crippen molar-refractivity contribution < 1.29 is 19.1 Å². The van der Waals surface area contributed by atoms with Gasteiger partial charge in [0.15, 0.2) is 0 Å². The standard InChI is InChI=1S/C16H19NO4S/c1-16(2)14(17-12(18)8-13(17)22-16)15(19)21-9-10-4-6-11(20-3)7-5-10/h4-7,13-14H,8-9H2,1-3H3. The number of amides is 1. The molecule has 6 heteroatoms. The van der Waals surface area contributed by atoms with Gasteiger partial charge in [-0.3, -0.25) is 4.79 Å². The van der Waals surface area contributed by atoms with E-state index in [-0.39, 0.29) is 28.6 Å². The molecule has 2 aliphatic rings. The van der Waals surface area contributed by atoms with E-state index in [1.165, 1.54) is 0 Å². The molecular weight excluding hydrogens is 302 g/mol. The van der Waals surface area contributed by atoms with E-state index in [2.05, 4.69) is 0 Å². The maximum Gasteiger partial charge on any atom is 0.330 e. The maximum absolute atomic E-state index is 12.4. The highest BCUT2D eigenvalue weighted by Crippen LogP contribution is 2.50. The summed E-state index contributed by atoms with van der Waals surface area (Å²) in [4.78, 5) is 25.9. The maximum atomic E-state index is 12.4. The lowest BCUT2D eigenvalue weighted by Gasteiger charge is -2.37. The van der Waals surface area contributed by atoms with Crippen molar-refractivity contribution in [3.63, 3.8) is 0 Å². The summed E-state index contributed by atoms with van der Waals surface area (Å²) in [5, 5.41) is 0.126. The van der Waals surface area contributed by atoms with Gasteiger partial charge in [-0.25, -0.2) is 4.79 Å². The number of ether oxygens (including phenoxy) is 2. The fraction of sp³-hybridized carbons (Fsp3) is 0.500. The highest BCUT2D eigenvalue weighted by molar-refractivity contribution is 8.01. The summed E-state index contributed by atoms with van der Waals surface area (Å²) < 4.78 is 10.2. The Morgan fingerprint density at radius 2 is 2.05 bits per heavy atom. The molecule has 2 atom stereocenters. The van der Waals surface area contributed by atoms with Crippen molar-refractivity contribution in [3.8, 4) is 5.75 Å². The van der Waals surface area contributed by atoms with Crippen LogP contribution in [0, 0.1) is 0 Å². The Hall–Kier alpha value is -1.69. The minimum Gasteiger partial charge on any atom is -0.497 e. The molecule has 2 saturated heterocycles. The molecule has 0 aliphatic carbocycles. The van der Waals surface area contributed by atoms with Crippen molar-refractivity contribution in [2.24, 2.45) is 0 Å². The number of methoxy groups -OCH3 is 1. The highest BCUT2D eigenvalue weighted by atomic mass is 32.2. The van der Waals surface area contributed by atoms with E-state index >= 15 is 0 Å². The van der Waals surface area contributed by atoms with Gasteiger partial charge in [-0.15, -0.1) is 11.8 Å². The molecule has 0 aromatic heterocycles. The Labute approximate surface area is 134 Å². The number of benzene rings is 1. The first-order valence-electron chi connectivity index (χ1n) is 7.21. The molecule has 1 aromatic carbocycles. The number of β-lactam (4-membered cyclic amide) rings is 1. The Kier molecular flexibility index (Phi) is 3.80. The fourth-order valence-electron chi connectivity index (χ4n) is 2.91. The van der Waals surface area contributed by atoms with E-state index in [9.17, 15) is 9.59 Å². The van der Waals surface area contributed by atoms with Crippen LogP contribution in [0.1, 0.15) is 25.8 Å². The van der Waals surface area contributed by atoms with Crippen LogP contribution in [0.15, 0.2) is 24.3 Å². The molecule has 1 amide bonds. The minimum atomic E-state index is -0.498. The molecule has 0 bridgehead atoms. The van der Waals surface area contributed by atoms with Gasteiger partial charge in [0.1, 0.15) is 18.4 Å². The normalized spacial score (nSPS) is 25.4. The molecule has 118 valence electrons. The second kappa shape index (κ2) is 5.50. The summed E-state index contributed by atoms with van der Waals surface area (Å²) in [5.74, 6) is 0.468. The average molecular weight is 321 g/mol. The molecule has 22 heavy (non-hydrogen) atoms. The first-order chi connectivity index (χ1) is 10.4. The summed E-state index contributed by atoms with van der Waals surface area (Å²) >= 11 is 1.67. The molecule has 2 aliphatic heterocycles. The SMILES string of the molecule is COc1ccc(COC(=O)C2N3C(=O)CC3SC2(C)C)cc1. The van der Waals surface area contributed by atoms with Crippen LogP contribution in [0.4, 0.5) is 0 Å². The van der Waals surface area contributed by atoms with Crippen LogP contribution in [0.25, 0.3) is 0 Å². The van der Waals surface area contributed by atoms with Crippen molar-refractivity contribution in [1.29, 1.82) is 0 Å². The molecule has 0 spiro atoms. The number of rotatable bonds is 4. The summed E-state index contributed by atoms with van der Waals surface area (Å²) in [6.07, 6.45) is 0.524. The predicted molar refractivity (Wildman–Crippen MR) is 83.5 cm³/mol. The molecule has 5 nitrogen and oxygen atoms in total. The fourth-order valence-corrected chi connectivity index (χ4v) is 4.53. The number of hydrogen-bond donors (Lipinski definition) is 0. The van der Waals surface area contributed by atoms with Crippen LogP contribution in [0.2, 0.25) is 0 Å². The zero-order valence-electron chi connectivity index (χ0n) is 12.9. The van der Waals surface area contributed by atoms with E-state index in [0.717, 1.165) is 11.3 Å². The zero-order chi connectivity index (χ0) is 15.9. The van der Waals surface area contributed by atoms with Crippen LogP contribution in [0.5, 0.6) is 5.75 Å². The summed E-state index contributed by atoms with van der Waals surface area (Å²) in [6, 6.07) is 6.87. The topological polar surface area (TPSA) is 55.8 Å². The van der Waals surface area contributed by atoms with Crippen LogP contribution >= 0.6 is 11.8 Å². The largest absolute Gasteiger partial charge is 0.497 e. The third-order valence-corrected chi connectivity index (χ3v) is 5.58. The lowest BCUT2D eigenvalue weighted by molar-refractivity contribution is -0.162. The van der Waals surface area contributed by atoms with Crippen molar-refractivity contribution >= 4 is 23.6 Å². The van der Waals surface area contributed by atoms with E-state index < -0.39 is 6.04 Å². The Morgan fingerprint density at radius 1 is 1.36 bits per heavy atom. The van der Waals surface area contributed by atoms with Gasteiger partial charge in [-0.05, 0) is 31.5 Å². The third-order valence-electron chi connectivity index (χ3n) is 4.09. The van der Waals surface area contributed by atoms with Crippen molar-refractivity contribution in [2.45, 2.75) is 43.0 Å². The van der Waals surface area contributed by atoms with Gasteiger partial charge in [0, 0.05) is 4.75 Å². The summed E-state index contributed by atoms with van der Waals surface area (Å²) in [5.41, 5.74) is 0.893. The van der Waals surface area contributed by atoms with Gasteiger partial charge in [0.2, 0.25) is 5.91 Å². The Bertz CT molecular complexity index is 599. The van der Waals surface area contributed by atoms with E-state index in [0.29, 0.717) is 6.42 Å². The van der Waals surface area contributed by atoms with Crippen LogP contribution in [0.3, 0.4) is 0 Å². The molecule has 0 saturated carbocycles. The van der Waals surface area contributed by atoms with Gasteiger partial charge in [0.25, 0.3) is 0 Å². The van der Waals surface area contributed by atoms with E-state index in [1.807, 2.05) is 38.1 Å². The minimum absolute atomic E-state index is 0.0365.